The summed E-state index contributed by atoms with van der Waals surface area (Å²) in [5.41, 5.74) is 3.71. The second-order valence-electron chi connectivity index (χ2n) is 6.28. The molecule has 2 aromatic heterocycles. The number of anilines is 4. The first-order valence-corrected chi connectivity index (χ1v) is 8.96. The van der Waals surface area contributed by atoms with Gasteiger partial charge in [-0.25, -0.2) is 9.97 Å². The van der Waals surface area contributed by atoms with Crippen LogP contribution in [-0.4, -0.2) is 15.0 Å². The summed E-state index contributed by atoms with van der Waals surface area (Å²) >= 11 is 6.21. The van der Waals surface area contributed by atoms with E-state index in [-0.39, 0.29) is 0 Å². The lowest BCUT2D eigenvalue weighted by atomic mass is 10.2. The summed E-state index contributed by atoms with van der Waals surface area (Å²) in [6, 6.07) is 17.7. The third kappa shape index (κ3) is 3.83. The molecular weight excluding hydrogens is 358 g/mol. The van der Waals surface area contributed by atoms with Crippen LogP contribution in [-0.2, 0) is 0 Å². The molecule has 4 aromatic rings. The Labute approximate surface area is 162 Å². The van der Waals surface area contributed by atoms with Crippen LogP contribution in [0, 0.1) is 13.8 Å². The number of para-hydroxylation sites is 1. The van der Waals surface area contributed by atoms with Crippen molar-refractivity contribution in [2.45, 2.75) is 13.8 Å². The number of aryl methyl sites for hydroxylation is 2. The standard InChI is InChI=1S/C21H18ClN5/c1-13-8-9-16(11-17(13)22)26-19-12-20(25-14(2)24-19)27-18-7-3-5-15-6-4-10-23-21(15)18/h3-12H,1-2H3,(H2,24,25,26,27). The first kappa shape index (κ1) is 17.2. The molecule has 0 unspecified atom stereocenters. The molecule has 0 saturated carbocycles. The van der Waals surface area contributed by atoms with E-state index in [2.05, 4.69) is 25.6 Å². The maximum absolute atomic E-state index is 6.21. The Morgan fingerprint density at radius 3 is 2.44 bits per heavy atom. The number of hydrogen-bond acceptors (Lipinski definition) is 5. The molecule has 0 aliphatic carbocycles. The van der Waals surface area contributed by atoms with Gasteiger partial charge in [0, 0.05) is 28.4 Å². The fraction of sp³-hybridized carbons (Fsp3) is 0.0952. The zero-order valence-electron chi connectivity index (χ0n) is 15.0. The Morgan fingerprint density at radius 1 is 0.852 bits per heavy atom. The number of aromatic nitrogens is 3. The second-order valence-corrected chi connectivity index (χ2v) is 6.69. The molecule has 0 atom stereocenters. The smallest absolute Gasteiger partial charge is 0.136 e. The lowest BCUT2D eigenvalue weighted by Crippen LogP contribution is -2.02. The lowest BCUT2D eigenvalue weighted by molar-refractivity contribution is 1.06. The molecule has 0 aliphatic heterocycles. The fourth-order valence-corrected chi connectivity index (χ4v) is 3.04. The van der Waals surface area contributed by atoms with Gasteiger partial charge >= 0.3 is 0 Å². The lowest BCUT2D eigenvalue weighted by Gasteiger charge is -2.12. The van der Waals surface area contributed by atoms with Gasteiger partial charge in [-0.3, -0.25) is 4.98 Å². The van der Waals surface area contributed by atoms with Gasteiger partial charge in [-0.15, -0.1) is 0 Å². The molecule has 2 aromatic carbocycles. The van der Waals surface area contributed by atoms with Crippen molar-refractivity contribution in [2.75, 3.05) is 10.6 Å². The highest BCUT2D eigenvalue weighted by molar-refractivity contribution is 6.31. The van der Waals surface area contributed by atoms with Crippen molar-refractivity contribution in [2.24, 2.45) is 0 Å². The summed E-state index contributed by atoms with van der Waals surface area (Å²) in [5.74, 6) is 2.05. The minimum absolute atomic E-state index is 0.661. The molecule has 4 rings (SSSR count). The number of nitrogens with one attached hydrogen (secondary N) is 2. The van der Waals surface area contributed by atoms with Crippen LogP contribution in [0.25, 0.3) is 10.9 Å². The van der Waals surface area contributed by atoms with Crippen molar-refractivity contribution < 1.29 is 0 Å². The molecule has 0 amide bonds. The van der Waals surface area contributed by atoms with Gasteiger partial charge in [0.15, 0.2) is 0 Å². The van der Waals surface area contributed by atoms with Crippen molar-refractivity contribution in [3.63, 3.8) is 0 Å². The Hall–Kier alpha value is -3.18. The molecule has 0 aliphatic rings. The molecule has 0 saturated heterocycles. The predicted molar refractivity (Wildman–Crippen MR) is 111 cm³/mol. The second kappa shape index (κ2) is 7.21. The summed E-state index contributed by atoms with van der Waals surface area (Å²) in [4.78, 5) is 13.4. The first-order chi connectivity index (χ1) is 13.1. The zero-order chi connectivity index (χ0) is 18.8. The van der Waals surface area contributed by atoms with E-state index >= 15 is 0 Å². The van der Waals surface area contributed by atoms with Gasteiger partial charge in [-0.1, -0.05) is 35.9 Å². The minimum atomic E-state index is 0.661. The quantitative estimate of drug-likeness (QED) is 0.473. The predicted octanol–water partition coefficient (Wildman–Crippen LogP) is 5.78. The number of rotatable bonds is 4. The summed E-state index contributed by atoms with van der Waals surface area (Å²) in [5, 5.41) is 8.42. The number of pyridine rings is 1. The molecule has 6 heteroatoms. The van der Waals surface area contributed by atoms with E-state index < -0.39 is 0 Å². The van der Waals surface area contributed by atoms with Gasteiger partial charge in [0.2, 0.25) is 0 Å². The number of nitrogens with zero attached hydrogens (tertiary/aromatic N) is 3. The van der Waals surface area contributed by atoms with E-state index in [1.807, 2.05) is 68.4 Å². The fourth-order valence-electron chi connectivity index (χ4n) is 2.86. The Bertz CT molecular complexity index is 1120. The normalized spacial score (nSPS) is 10.8. The van der Waals surface area contributed by atoms with E-state index in [0.717, 1.165) is 27.8 Å². The van der Waals surface area contributed by atoms with Gasteiger partial charge < -0.3 is 10.6 Å². The average molecular weight is 376 g/mol. The van der Waals surface area contributed by atoms with E-state index in [1.54, 1.807) is 6.20 Å². The van der Waals surface area contributed by atoms with Crippen LogP contribution in [0.4, 0.5) is 23.0 Å². The monoisotopic (exact) mass is 375 g/mol. The Morgan fingerprint density at radius 2 is 1.63 bits per heavy atom. The zero-order valence-corrected chi connectivity index (χ0v) is 15.7. The van der Waals surface area contributed by atoms with Gasteiger partial charge in [-0.2, -0.15) is 0 Å². The summed E-state index contributed by atoms with van der Waals surface area (Å²) < 4.78 is 0. The van der Waals surface area contributed by atoms with Crippen molar-refractivity contribution >= 4 is 45.5 Å². The van der Waals surface area contributed by atoms with E-state index in [4.69, 9.17) is 11.6 Å². The molecule has 2 heterocycles. The summed E-state index contributed by atoms with van der Waals surface area (Å²) in [7, 11) is 0. The van der Waals surface area contributed by atoms with Gasteiger partial charge in [-0.05, 0) is 43.7 Å². The molecule has 27 heavy (non-hydrogen) atoms. The third-order valence-electron chi connectivity index (χ3n) is 4.18. The van der Waals surface area contributed by atoms with Crippen LogP contribution in [0.1, 0.15) is 11.4 Å². The van der Waals surface area contributed by atoms with E-state index in [1.165, 1.54) is 0 Å². The van der Waals surface area contributed by atoms with E-state index in [9.17, 15) is 0 Å². The molecular formula is C21H18ClN5. The van der Waals surface area contributed by atoms with Crippen molar-refractivity contribution in [1.29, 1.82) is 0 Å². The van der Waals surface area contributed by atoms with Gasteiger partial charge in [0.05, 0.1) is 11.2 Å². The SMILES string of the molecule is Cc1nc(Nc2ccc(C)c(Cl)c2)cc(Nc2cccc3cccnc23)n1. The molecule has 2 N–H and O–H groups in total. The number of hydrogen-bond donors (Lipinski definition) is 2. The van der Waals surface area contributed by atoms with Crippen molar-refractivity contribution in [3.8, 4) is 0 Å². The summed E-state index contributed by atoms with van der Waals surface area (Å²) in [6.45, 7) is 3.83. The van der Waals surface area contributed by atoms with Crippen LogP contribution in [0.5, 0.6) is 0 Å². The van der Waals surface area contributed by atoms with Crippen LogP contribution in [0.2, 0.25) is 5.02 Å². The largest absolute Gasteiger partial charge is 0.340 e. The maximum atomic E-state index is 6.21. The van der Waals surface area contributed by atoms with Gasteiger partial charge in [0.25, 0.3) is 0 Å². The van der Waals surface area contributed by atoms with Gasteiger partial charge in [0.1, 0.15) is 17.5 Å². The number of halogens is 1. The molecule has 0 bridgehead atoms. The Kier molecular flexibility index (Phi) is 4.60. The Balaban J connectivity index is 1.65. The highest BCUT2D eigenvalue weighted by Gasteiger charge is 2.07. The third-order valence-corrected chi connectivity index (χ3v) is 4.58. The highest BCUT2D eigenvalue weighted by atomic mass is 35.5. The molecule has 0 radical (unpaired) electrons. The highest BCUT2D eigenvalue weighted by Crippen LogP contribution is 2.26. The molecule has 0 fully saturated rings. The van der Waals surface area contributed by atoms with E-state index in [0.29, 0.717) is 22.5 Å². The number of benzene rings is 2. The topological polar surface area (TPSA) is 62.7 Å². The maximum Gasteiger partial charge on any atom is 0.136 e. The average Bonchev–Trinajstić information content (AvgIpc) is 2.65. The molecule has 0 spiro atoms. The summed E-state index contributed by atoms with van der Waals surface area (Å²) in [6.07, 6.45) is 1.78. The van der Waals surface area contributed by atoms with Crippen LogP contribution in [0.3, 0.4) is 0 Å². The minimum Gasteiger partial charge on any atom is -0.340 e. The van der Waals surface area contributed by atoms with Crippen LogP contribution >= 0.6 is 11.6 Å². The van der Waals surface area contributed by atoms with Crippen molar-refractivity contribution in [3.05, 3.63) is 77.2 Å². The molecule has 5 nitrogen and oxygen atoms in total. The van der Waals surface area contributed by atoms with Crippen LogP contribution < -0.4 is 10.6 Å². The van der Waals surface area contributed by atoms with Crippen molar-refractivity contribution in [1.82, 2.24) is 15.0 Å². The number of fused-ring (bicyclic) bond motifs is 1. The van der Waals surface area contributed by atoms with Crippen LogP contribution in [0.15, 0.2) is 60.8 Å². The first-order valence-electron chi connectivity index (χ1n) is 8.58. The molecule has 134 valence electrons.